The van der Waals surface area contributed by atoms with Gasteiger partial charge in [0.25, 0.3) is 0 Å². The monoisotopic (exact) mass is 285 g/mol. The Kier molecular flexibility index (Phi) is 14.1. The number of rotatable bonds is 14. The Bertz CT molecular complexity index is 230. The Hall–Kier alpha value is -0.780. The fraction of sp³-hybridized carbons (Fsp3) is 0.867. The van der Waals surface area contributed by atoms with Crippen LogP contribution in [-0.4, -0.2) is 38.8 Å². The number of hydrogen-bond donors (Lipinski definition) is 5. The van der Waals surface area contributed by atoms with Crippen LogP contribution in [0.4, 0.5) is 0 Å². The van der Waals surface area contributed by atoms with Gasteiger partial charge in [-0.15, -0.1) is 0 Å². The van der Waals surface area contributed by atoms with E-state index in [1.54, 1.807) is 6.20 Å². The van der Waals surface area contributed by atoms with Crippen LogP contribution in [0.15, 0.2) is 11.9 Å². The van der Waals surface area contributed by atoms with Gasteiger partial charge in [-0.1, -0.05) is 20.3 Å². The van der Waals surface area contributed by atoms with E-state index in [0.29, 0.717) is 18.3 Å². The molecule has 1 unspecified atom stereocenters. The first-order valence-electron chi connectivity index (χ1n) is 8.06. The molecule has 0 aliphatic carbocycles. The van der Waals surface area contributed by atoms with Crippen LogP contribution in [0.2, 0.25) is 0 Å². The average Bonchev–Trinajstić information content (AvgIpc) is 2.47. The summed E-state index contributed by atoms with van der Waals surface area (Å²) < 4.78 is 0. The standard InChI is InChI=1S/C15H35N5/c1-3-7-15(4-2)20-11-6-9-18-8-5-10-19-13-14(17)12-16/h13,15,18-20H,3-12,16-17H2,1-2H3/b14-13-. The van der Waals surface area contributed by atoms with Gasteiger partial charge in [0.15, 0.2) is 0 Å². The van der Waals surface area contributed by atoms with Gasteiger partial charge >= 0.3 is 0 Å². The van der Waals surface area contributed by atoms with E-state index in [4.69, 9.17) is 11.5 Å². The number of nitrogens with two attached hydrogens (primary N) is 2. The van der Waals surface area contributed by atoms with Gasteiger partial charge in [0.1, 0.15) is 0 Å². The molecule has 5 nitrogen and oxygen atoms in total. The van der Waals surface area contributed by atoms with Crippen molar-refractivity contribution in [3.8, 4) is 0 Å². The predicted octanol–water partition coefficient (Wildman–Crippen LogP) is 0.873. The van der Waals surface area contributed by atoms with Gasteiger partial charge in [-0.2, -0.15) is 0 Å². The zero-order valence-corrected chi connectivity index (χ0v) is 13.4. The molecule has 0 spiro atoms. The van der Waals surface area contributed by atoms with Crippen molar-refractivity contribution in [2.45, 2.75) is 52.0 Å². The summed E-state index contributed by atoms with van der Waals surface area (Å²) >= 11 is 0. The van der Waals surface area contributed by atoms with Crippen LogP contribution in [-0.2, 0) is 0 Å². The van der Waals surface area contributed by atoms with Crippen molar-refractivity contribution in [1.82, 2.24) is 16.0 Å². The highest BCUT2D eigenvalue weighted by Crippen LogP contribution is 2.00. The number of nitrogens with one attached hydrogen (secondary N) is 3. The van der Waals surface area contributed by atoms with Crippen molar-refractivity contribution in [3.63, 3.8) is 0 Å². The highest BCUT2D eigenvalue weighted by Gasteiger charge is 2.02. The summed E-state index contributed by atoms with van der Waals surface area (Å²) in [6.45, 7) is 9.07. The van der Waals surface area contributed by atoms with Gasteiger partial charge in [-0.05, 0) is 45.3 Å². The zero-order chi connectivity index (χ0) is 15.1. The lowest BCUT2D eigenvalue weighted by atomic mass is 10.1. The molecule has 5 heteroatoms. The molecular formula is C15H35N5. The largest absolute Gasteiger partial charge is 0.400 e. The van der Waals surface area contributed by atoms with Gasteiger partial charge in [0, 0.05) is 31.0 Å². The third-order valence-corrected chi connectivity index (χ3v) is 3.29. The molecule has 0 bridgehead atoms. The van der Waals surface area contributed by atoms with Crippen LogP contribution in [0.3, 0.4) is 0 Å². The second kappa shape index (κ2) is 14.6. The van der Waals surface area contributed by atoms with Crippen LogP contribution in [0, 0.1) is 0 Å². The molecule has 120 valence electrons. The Morgan fingerprint density at radius 1 is 1.10 bits per heavy atom. The summed E-state index contributed by atoms with van der Waals surface area (Å²) in [7, 11) is 0. The molecule has 7 N–H and O–H groups in total. The summed E-state index contributed by atoms with van der Waals surface area (Å²) in [5, 5.41) is 10.2. The highest BCUT2D eigenvalue weighted by atomic mass is 14.9. The quantitative estimate of drug-likeness (QED) is 0.306. The summed E-state index contributed by atoms with van der Waals surface area (Å²) in [4.78, 5) is 0. The molecule has 0 aromatic rings. The third kappa shape index (κ3) is 12.3. The van der Waals surface area contributed by atoms with E-state index in [2.05, 4.69) is 29.8 Å². The lowest BCUT2D eigenvalue weighted by Gasteiger charge is -2.15. The maximum absolute atomic E-state index is 5.58. The summed E-state index contributed by atoms with van der Waals surface area (Å²) in [6, 6.07) is 0.698. The molecule has 0 saturated carbocycles. The van der Waals surface area contributed by atoms with Crippen molar-refractivity contribution in [2.75, 3.05) is 32.7 Å². The molecular weight excluding hydrogens is 250 g/mol. The molecule has 0 heterocycles. The van der Waals surface area contributed by atoms with Gasteiger partial charge in [-0.25, -0.2) is 0 Å². The lowest BCUT2D eigenvalue weighted by Crippen LogP contribution is -2.31. The third-order valence-electron chi connectivity index (χ3n) is 3.29. The Morgan fingerprint density at radius 2 is 1.80 bits per heavy atom. The van der Waals surface area contributed by atoms with Crippen molar-refractivity contribution in [2.24, 2.45) is 11.5 Å². The summed E-state index contributed by atoms with van der Waals surface area (Å²) in [5.41, 5.74) is 11.7. The van der Waals surface area contributed by atoms with Gasteiger partial charge in [-0.3, -0.25) is 0 Å². The Balaban J connectivity index is 3.24. The van der Waals surface area contributed by atoms with E-state index in [-0.39, 0.29) is 0 Å². The fourth-order valence-corrected chi connectivity index (χ4v) is 2.02. The minimum absolute atomic E-state index is 0.412. The summed E-state index contributed by atoms with van der Waals surface area (Å²) in [5.74, 6) is 0. The van der Waals surface area contributed by atoms with Crippen molar-refractivity contribution < 1.29 is 0 Å². The van der Waals surface area contributed by atoms with E-state index in [1.807, 2.05) is 0 Å². The summed E-state index contributed by atoms with van der Waals surface area (Å²) in [6.07, 6.45) is 7.85. The van der Waals surface area contributed by atoms with Crippen LogP contribution < -0.4 is 27.4 Å². The van der Waals surface area contributed by atoms with E-state index in [1.165, 1.54) is 25.7 Å². The second-order valence-corrected chi connectivity index (χ2v) is 5.18. The van der Waals surface area contributed by atoms with Crippen LogP contribution in [0.25, 0.3) is 0 Å². The molecule has 0 rings (SSSR count). The molecule has 1 atom stereocenters. The highest BCUT2D eigenvalue weighted by molar-refractivity contribution is 4.95. The molecule has 0 fully saturated rings. The van der Waals surface area contributed by atoms with Crippen LogP contribution in [0.1, 0.15) is 46.0 Å². The van der Waals surface area contributed by atoms with Crippen molar-refractivity contribution in [1.29, 1.82) is 0 Å². The number of hydrogen-bond acceptors (Lipinski definition) is 5. The molecule has 0 aromatic heterocycles. The van der Waals surface area contributed by atoms with Crippen molar-refractivity contribution in [3.05, 3.63) is 11.9 Å². The SMILES string of the molecule is CCCC(CC)NCCCNCCCN/C=C(\N)CN. The molecule has 20 heavy (non-hydrogen) atoms. The van der Waals surface area contributed by atoms with E-state index < -0.39 is 0 Å². The first-order valence-corrected chi connectivity index (χ1v) is 8.06. The van der Waals surface area contributed by atoms with E-state index in [0.717, 1.165) is 32.6 Å². The lowest BCUT2D eigenvalue weighted by molar-refractivity contribution is 0.453. The normalized spacial score (nSPS) is 13.4. The van der Waals surface area contributed by atoms with E-state index >= 15 is 0 Å². The second-order valence-electron chi connectivity index (χ2n) is 5.18. The van der Waals surface area contributed by atoms with Crippen LogP contribution >= 0.6 is 0 Å². The molecule has 0 amide bonds. The average molecular weight is 285 g/mol. The smallest absolute Gasteiger partial charge is 0.0378 e. The van der Waals surface area contributed by atoms with E-state index in [9.17, 15) is 0 Å². The Labute approximate surface area is 124 Å². The van der Waals surface area contributed by atoms with Crippen molar-refractivity contribution >= 4 is 0 Å². The predicted molar refractivity (Wildman–Crippen MR) is 88.4 cm³/mol. The fourth-order valence-electron chi connectivity index (χ4n) is 2.02. The van der Waals surface area contributed by atoms with Gasteiger partial charge in [0.2, 0.25) is 0 Å². The van der Waals surface area contributed by atoms with Gasteiger partial charge in [0.05, 0.1) is 0 Å². The Morgan fingerprint density at radius 3 is 2.40 bits per heavy atom. The molecule has 0 saturated heterocycles. The van der Waals surface area contributed by atoms with Gasteiger partial charge < -0.3 is 27.4 Å². The molecule has 0 aliphatic rings. The minimum atomic E-state index is 0.412. The first-order chi connectivity index (χ1) is 9.74. The molecule has 0 aromatic carbocycles. The molecule has 0 radical (unpaired) electrons. The maximum Gasteiger partial charge on any atom is 0.0378 e. The van der Waals surface area contributed by atoms with Crippen LogP contribution in [0.5, 0.6) is 0 Å². The minimum Gasteiger partial charge on any atom is -0.400 e. The maximum atomic E-state index is 5.58. The molecule has 0 aliphatic heterocycles. The zero-order valence-electron chi connectivity index (χ0n) is 13.4. The first kappa shape index (κ1) is 19.2. The topological polar surface area (TPSA) is 88.1 Å².